The molecule has 128 valence electrons. The predicted molar refractivity (Wildman–Crippen MR) is 96.5 cm³/mol. The van der Waals surface area contributed by atoms with Gasteiger partial charge in [-0.2, -0.15) is 0 Å². The van der Waals surface area contributed by atoms with E-state index in [4.69, 9.17) is 10.5 Å². The molecule has 0 spiro atoms. The molecule has 1 aliphatic heterocycles. The number of nitrogens with one attached hydrogen (secondary N) is 1. The van der Waals surface area contributed by atoms with Crippen LogP contribution in [0.25, 0.3) is 0 Å². The van der Waals surface area contributed by atoms with E-state index in [-0.39, 0.29) is 6.10 Å². The Bertz CT molecular complexity index is 496. The lowest BCUT2D eigenvalue weighted by molar-refractivity contribution is -0.0250. The molecule has 1 aliphatic rings. The Morgan fingerprint density at radius 1 is 1.35 bits per heavy atom. The zero-order chi connectivity index (χ0) is 16.7. The predicted octanol–water partition coefficient (Wildman–Crippen LogP) is 3.41. The van der Waals surface area contributed by atoms with Gasteiger partial charge in [-0.1, -0.05) is 43.7 Å². The first-order valence-electron chi connectivity index (χ1n) is 8.78. The SMILES string of the molecule is Cc1ccc(C2OCCCC2CN=C(N)NCCC(C)C)cc1. The Labute approximate surface area is 140 Å². The van der Waals surface area contributed by atoms with Gasteiger partial charge in [-0.3, -0.25) is 4.99 Å². The van der Waals surface area contributed by atoms with Crippen LogP contribution in [-0.2, 0) is 4.74 Å². The second-order valence-electron chi connectivity index (χ2n) is 6.94. The van der Waals surface area contributed by atoms with Gasteiger partial charge in [0.15, 0.2) is 5.96 Å². The van der Waals surface area contributed by atoms with E-state index in [2.05, 4.69) is 55.3 Å². The largest absolute Gasteiger partial charge is 0.373 e. The van der Waals surface area contributed by atoms with Crippen molar-refractivity contribution >= 4 is 5.96 Å². The third-order valence-electron chi connectivity index (χ3n) is 4.37. The third kappa shape index (κ3) is 5.87. The van der Waals surface area contributed by atoms with Crippen molar-refractivity contribution in [2.45, 2.75) is 46.1 Å². The number of rotatable bonds is 6. The van der Waals surface area contributed by atoms with E-state index in [9.17, 15) is 0 Å². The van der Waals surface area contributed by atoms with Gasteiger partial charge in [0.05, 0.1) is 6.10 Å². The van der Waals surface area contributed by atoms with Crippen LogP contribution in [0.3, 0.4) is 0 Å². The molecule has 2 unspecified atom stereocenters. The van der Waals surface area contributed by atoms with Crippen LogP contribution in [0, 0.1) is 18.8 Å². The summed E-state index contributed by atoms with van der Waals surface area (Å²) < 4.78 is 6.03. The van der Waals surface area contributed by atoms with Crippen LogP contribution in [0.4, 0.5) is 0 Å². The molecule has 1 saturated heterocycles. The summed E-state index contributed by atoms with van der Waals surface area (Å²) in [5.41, 5.74) is 8.51. The summed E-state index contributed by atoms with van der Waals surface area (Å²) in [6, 6.07) is 8.64. The second-order valence-corrected chi connectivity index (χ2v) is 6.94. The first-order chi connectivity index (χ1) is 11.1. The Hall–Kier alpha value is -1.55. The molecule has 0 amide bonds. The number of hydrogen-bond donors (Lipinski definition) is 2. The van der Waals surface area contributed by atoms with Crippen molar-refractivity contribution in [3.05, 3.63) is 35.4 Å². The molecule has 0 aromatic heterocycles. The van der Waals surface area contributed by atoms with Crippen LogP contribution in [0.2, 0.25) is 0 Å². The standard InChI is InChI=1S/C19H31N3O/c1-14(2)10-11-21-19(20)22-13-17-5-4-12-23-18(17)16-8-6-15(3)7-9-16/h6-9,14,17-18H,4-5,10-13H2,1-3H3,(H3,20,21,22). The maximum absolute atomic E-state index is 6.03. The molecule has 4 heteroatoms. The van der Waals surface area contributed by atoms with Gasteiger partial charge in [0.2, 0.25) is 0 Å². The highest BCUT2D eigenvalue weighted by Crippen LogP contribution is 2.33. The molecular formula is C19H31N3O. The summed E-state index contributed by atoms with van der Waals surface area (Å²) in [6.45, 7) is 8.97. The molecular weight excluding hydrogens is 286 g/mol. The van der Waals surface area contributed by atoms with Crippen LogP contribution in [0.1, 0.15) is 50.3 Å². The Morgan fingerprint density at radius 2 is 2.09 bits per heavy atom. The zero-order valence-electron chi connectivity index (χ0n) is 14.7. The number of aryl methyl sites for hydroxylation is 1. The van der Waals surface area contributed by atoms with Crippen LogP contribution in [0.5, 0.6) is 0 Å². The van der Waals surface area contributed by atoms with Crippen molar-refractivity contribution in [2.75, 3.05) is 19.7 Å². The van der Waals surface area contributed by atoms with Gasteiger partial charge in [0.25, 0.3) is 0 Å². The lowest BCUT2D eigenvalue weighted by Gasteiger charge is -2.31. The molecule has 3 N–H and O–H groups in total. The van der Waals surface area contributed by atoms with Gasteiger partial charge in [-0.25, -0.2) is 0 Å². The second kappa shape index (κ2) is 8.92. The average molecular weight is 317 g/mol. The van der Waals surface area contributed by atoms with E-state index in [1.54, 1.807) is 0 Å². The minimum absolute atomic E-state index is 0.136. The minimum atomic E-state index is 0.136. The van der Waals surface area contributed by atoms with E-state index in [0.717, 1.165) is 39.0 Å². The van der Waals surface area contributed by atoms with Crippen LogP contribution < -0.4 is 11.1 Å². The molecule has 2 rings (SSSR count). The van der Waals surface area contributed by atoms with Gasteiger partial charge in [0, 0.05) is 25.6 Å². The molecule has 1 fully saturated rings. The van der Waals surface area contributed by atoms with E-state index >= 15 is 0 Å². The van der Waals surface area contributed by atoms with E-state index < -0.39 is 0 Å². The first-order valence-corrected chi connectivity index (χ1v) is 8.78. The average Bonchev–Trinajstić information content (AvgIpc) is 2.54. The van der Waals surface area contributed by atoms with Crippen molar-refractivity contribution in [2.24, 2.45) is 22.6 Å². The molecule has 0 aliphatic carbocycles. The van der Waals surface area contributed by atoms with Gasteiger partial charge in [-0.15, -0.1) is 0 Å². The summed E-state index contributed by atoms with van der Waals surface area (Å²) >= 11 is 0. The highest BCUT2D eigenvalue weighted by Gasteiger charge is 2.27. The third-order valence-corrected chi connectivity index (χ3v) is 4.37. The Balaban J connectivity index is 1.92. The van der Waals surface area contributed by atoms with Crippen molar-refractivity contribution < 1.29 is 4.74 Å². The highest BCUT2D eigenvalue weighted by molar-refractivity contribution is 5.77. The van der Waals surface area contributed by atoms with Crippen LogP contribution >= 0.6 is 0 Å². The fraction of sp³-hybridized carbons (Fsp3) is 0.632. The summed E-state index contributed by atoms with van der Waals surface area (Å²) in [4.78, 5) is 4.54. The fourth-order valence-corrected chi connectivity index (χ4v) is 2.92. The van der Waals surface area contributed by atoms with Gasteiger partial charge in [0.1, 0.15) is 0 Å². The summed E-state index contributed by atoms with van der Waals surface area (Å²) in [5, 5.41) is 3.20. The molecule has 1 heterocycles. The summed E-state index contributed by atoms with van der Waals surface area (Å²) in [6.07, 6.45) is 3.48. The Kier molecular flexibility index (Phi) is 6.90. The number of nitrogens with two attached hydrogens (primary N) is 1. The van der Waals surface area contributed by atoms with Crippen LogP contribution in [0.15, 0.2) is 29.3 Å². The molecule has 4 nitrogen and oxygen atoms in total. The summed E-state index contributed by atoms with van der Waals surface area (Å²) in [7, 11) is 0. The van der Waals surface area contributed by atoms with Crippen molar-refractivity contribution in [1.82, 2.24) is 5.32 Å². The molecule has 1 aromatic carbocycles. The summed E-state index contributed by atoms with van der Waals surface area (Å²) in [5.74, 6) is 1.63. The topological polar surface area (TPSA) is 59.6 Å². The Morgan fingerprint density at radius 3 is 2.78 bits per heavy atom. The molecule has 1 aromatic rings. The molecule has 0 radical (unpaired) electrons. The lowest BCUT2D eigenvalue weighted by Crippen LogP contribution is -2.34. The van der Waals surface area contributed by atoms with Gasteiger partial charge in [-0.05, 0) is 37.7 Å². The minimum Gasteiger partial charge on any atom is -0.373 e. The number of guanidine groups is 1. The number of aliphatic imine (C=N–C) groups is 1. The molecule has 0 saturated carbocycles. The normalized spacial score (nSPS) is 22.3. The first kappa shape index (κ1) is 17.8. The van der Waals surface area contributed by atoms with Crippen LogP contribution in [-0.4, -0.2) is 25.7 Å². The number of ether oxygens (including phenoxy) is 1. The molecule has 0 bridgehead atoms. The van der Waals surface area contributed by atoms with Gasteiger partial charge >= 0.3 is 0 Å². The van der Waals surface area contributed by atoms with Crippen molar-refractivity contribution in [3.63, 3.8) is 0 Å². The fourth-order valence-electron chi connectivity index (χ4n) is 2.92. The quantitative estimate of drug-likeness (QED) is 0.624. The number of hydrogen-bond acceptors (Lipinski definition) is 2. The van der Waals surface area contributed by atoms with E-state index in [0.29, 0.717) is 17.8 Å². The lowest BCUT2D eigenvalue weighted by atomic mass is 9.89. The molecule has 2 atom stereocenters. The van der Waals surface area contributed by atoms with Gasteiger partial charge < -0.3 is 15.8 Å². The van der Waals surface area contributed by atoms with Crippen molar-refractivity contribution in [1.29, 1.82) is 0 Å². The zero-order valence-corrected chi connectivity index (χ0v) is 14.7. The number of benzene rings is 1. The monoisotopic (exact) mass is 317 g/mol. The highest BCUT2D eigenvalue weighted by atomic mass is 16.5. The van der Waals surface area contributed by atoms with Crippen molar-refractivity contribution in [3.8, 4) is 0 Å². The van der Waals surface area contributed by atoms with E-state index in [1.165, 1.54) is 11.1 Å². The number of nitrogens with zero attached hydrogens (tertiary/aromatic N) is 1. The maximum Gasteiger partial charge on any atom is 0.188 e. The maximum atomic E-state index is 6.03. The molecule has 23 heavy (non-hydrogen) atoms. The smallest absolute Gasteiger partial charge is 0.188 e. The van der Waals surface area contributed by atoms with E-state index in [1.807, 2.05) is 0 Å².